The van der Waals surface area contributed by atoms with Crippen LogP contribution in [0.3, 0.4) is 0 Å². The molecule has 0 radical (unpaired) electrons. The van der Waals surface area contributed by atoms with Crippen LogP contribution in [0.4, 0.5) is 16.4 Å². The highest BCUT2D eigenvalue weighted by Gasteiger charge is 2.24. The van der Waals surface area contributed by atoms with Gasteiger partial charge in [-0.1, -0.05) is 5.16 Å². The Morgan fingerprint density at radius 2 is 2.31 bits per heavy atom. The van der Waals surface area contributed by atoms with Crippen molar-refractivity contribution in [2.24, 2.45) is 0 Å². The Balaban J connectivity index is 1.53. The molecule has 9 nitrogen and oxygen atoms in total. The third kappa shape index (κ3) is 4.69. The summed E-state index contributed by atoms with van der Waals surface area (Å²) in [5.74, 6) is 2.31. The van der Waals surface area contributed by atoms with Crippen LogP contribution in [0, 0.1) is 6.92 Å². The zero-order valence-electron chi connectivity index (χ0n) is 15.2. The molecule has 1 fully saturated rings. The number of amides is 2. The summed E-state index contributed by atoms with van der Waals surface area (Å²) in [6, 6.07) is 3.62. The van der Waals surface area contributed by atoms with Crippen LogP contribution in [0.25, 0.3) is 0 Å². The van der Waals surface area contributed by atoms with Crippen LogP contribution in [0.5, 0.6) is 0 Å². The summed E-state index contributed by atoms with van der Waals surface area (Å²) in [6.45, 7) is 3.84. The Kier molecular flexibility index (Phi) is 5.67. The van der Waals surface area contributed by atoms with Crippen molar-refractivity contribution in [3.63, 3.8) is 0 Å². The van der Waals surface area contributed by atoms with Crippen molar-refractivity contribution in [1.82, 2.24) is 24.9 Å². The molecule has 140 valence electrons. The van der Waals surface area contributed by atoms with Crippen molar-refractivity contribution in [3.05, 3.63) is 29.9 Å². The van der Waals surface area contributed by atoms with Crippen LogP contribution in [-0.2, 0) is 6.54 Å². The number of nitrogens with one attached hydrogen (secondary N) is 1. The zero-order valence-corrected chi connectivity index (χ0v) is 15.2. The van der Waals surface area contributed by atoms with E-state index in [1.54, 1.807) is 25.3 Å². The molecule has 0 aromatic carbocycles. The SMILES string of the molecule is Cc1cc(NC(=O)N2CCC[C@H](N(C)Cc3nccc(N)n3)CC2)no1. The summed E-state index contributed by atoms with van der Waals surface area (Å²) >= 11 is 0. The van der Waals surface area contributed by atoms with Crippen LogP contribution >= 0.6 is 0 Å². The minimum Gasteiger partial charge on any atom is -0.384 e. The van der Waals surface area contributed by atoms with Gasteiger partial charge in [-0.05, 0) is 39.3 Å². The molecule has 0 spiro atoms. The first-order chi connectivity index (χ1) is 12.5. The van der Waals surface area contributed by atoms with E-state index in [1.165, 1.54) is 0 Å². The average Bonchev–Trinajstić information content (AvgIpc) is 2.85. The minimum absolute atomic E-state index is 0.138. The summed E-state index contributed by atoms with van der Waals surface area (Å²) in [6.07, 6.45) is 4.53. The van der Waals surface area contributed by atoms with Gasteiger partial charge in [-0.25, -0.2) is 14.8 Å². The fraction of sp³-hybridized carbons (Fsp3) is 0.529. The molecule has 1 saturated heterocycles. The summed E-state index contributed by atoms with van der Waals surface area (Å²) in [7, 11) is 2.06. The number of hydrogen-bond acceptors (Lipinski definition) is 7. The summed E-state index contributed by atoms with van der Waals surface area (Å²) in [5.41, 5.74) is 5.72. The van der Waals surface area contributed by atoms with Crippen molar-refractivity contribution in [2.45, 2.75) is 38.8 Å². The van der Waals surface area contributed by atoms with Gasteiger partial charge in [0.1, 0.15) is 17.4 Å². The fourth-order valence-electron chi connectivity index (χ4n) is 3.18. The smallest absolute Gasteiger partial charge is 0.323 e. The Morgan fingerprint density at radius 1 is 1.46 bits per heavy atom. The standard InChI is InChI=1S/C17H25N7O2/c1-12-10-15(22-26-12)21-17(25)24-8-3-4-13(6-9-24)23(2)11-16-19-7-5-14(18)20-16/h5,7,10,13H,3-4,6,8-9,11H2,1-2H3,(H2,18,19,20)(H,21,22,25)/t13-/m0/s1. The normalized spacial score (nSPS) is 18.0. The molecule has 9 heteroatoms. The number of anilines is 2. The number of carbonyl (C=O) groups excluding carboxylic acids is 1. The van der Waals surface area contributed by atoms with Crippen LogP contribution < -0.4 is 11.1 Å². The summed E-state index contributed by atoms with van der Waals surface area (Å²) < 4.78 is 4.98. The monoisotopic (exact) mass is 359 g/mol. The number of likely N-dealkylation sites (tertiary alicyclic amines) is 1. The van der Waals surface area contributed by atoms with Gasteiger partial charge in [0.15, 0.2) is 5.82 Å². The maximum absolute atomic E-state index is 12.4. The first-order valence-electron chi connectivity index (χ1n) is 8.78. The number of aromatic nitrogens is 3. The van der Waals surface area contributed by atoms with Gasteiger partial charge in [0, 0.05) is 31.4 Å². The third-order valence-electron chi connectivity index (χ3n) is 4.59. The van der Waals surface area contributed by atoms with Crippen LogP contribution in [-0.4, -0.2) is 57.1 Å². The lowest BCUT2D eigenvalue weighted by atomic mass is 10.1. The topological polar surface area (TPSA) is 113 Å². The highest BCUT2D eigenvalue weighted by molar-refractivity contribution is 5.88. The molecule has 0 unspecified atom stereocenters. The van der Waals surface area contributed by atoms with E-state index in [9.17, 15) is 4.79 Å². The first-order valence-corrected chi connectivity index (χ1v) is 8.78. The van der Waals surface area contributed by atoms with Crippen LogP contribution in [0.2, 0.25) is 0 Å². The van der Waals surface area contributed by atoms with E-state index in [4.69, 9.17) is 10.3 Å². The van der Waals surface area contributed by atoms with Crippen LogP contribution in [0.1, 0.15) is 30.8 Å². The Morgan fingerprint density at radius 3 is 3.04 bits per heavy atom. The number of nitrogens with two attached hydrogens (primary N) is 1. The van der Waals surface area contributed by atoms with Gasteiger partial charge in [-0.3, -0.25) is 10.2 Å². The molecular weight excluding hydrogens is 334 g/mol. The molecule has 1 atom stereocenters. The molecule has 0 bridgehead atoms. The van der Waals surface area contributed by atoms with Gasteiger partial charge in [-0.2, -0.15) is 0 Å². The van der Waals surface area contributed by atoms with Gasteiger partial charge < -0.3 is 15.2 Å². The zero-order chi connectivity index (χ0) is 18.5. The molecule has 2 aromatic rings. The number of hydrogen-bond donors (Lipinski definition) is 2. The second-order valence-corrected chi connectivity index (χ2v) is 6.64. The van der Waals surface area contributed by atoms with E-state index in [0.29, 0.717) is 42.4 Å². The number of rotatable bonds is 4. The van der Waals surface area contributed by atoms with Gasteiger partial charge in [0.25, 0.3) is 0 Å². The Hall–Kier alpha value is -2.68. The fourth-order valence-corrected chi connectivity index (χ4v) is 3.18. The van der Waals surface area contributed by atoms with Crippen molar-refractivity contribution in [3.8, 4) is 0 Å². The molecular formula is C17H25N7O2. The van der Waals surface area contributed by atoms with E-state index in [2.05, 4.69) is 32.4 Å². The maximum atomic E-state index is 12.4. The quantitative estimate of drug-likeness (QED) is 0.856. The highest BCUT2D eigenvalue weighted by Crippen LogP contribution is 2.18. The Bertz CT molecular complexity index is 748. The molecule has 0 aliphatic carbocycles. The molecule has 3 rings (SSSR count). The predicted molar refractivity (Wildman–Crippen MR) is 97.4 cm³/mol. The molecule has 0 saturated carbocycles. The molecule has 3 N–H and O–H groups in total. The van der Waals surface area contributed by atoms with E-state index in [1.807, 2.05) is 4.90 Å². The molecule has 2 aromatic heterocycles. The number of nitrogen functional groups attached to an aromatic ring is 1. The number of urea groups is 1. The van der Waals surface area contributed by atoms with E-state index in [-0.39, 0.29) is 6.03 Å². The Labute approximate surface area is 152 Å². The van der Waals surface area contributed by atoms with E-state index < -0.39 is 0 Å². The van der Waals surface area contributed by atoms with Crippen molar-refractivity contribution in [1.29, 1.82) is 0 Å². The molecule has 2 amide bonds. The molecule has 3 heterocycles. The second-order valence-electron chi connectivity index (χ2n) is 6.64. The van der Waals surface area contributed by atoms with Crippen molar-refractivity contribution in [2.75, 3.05) is 31.2 Å². The highest BCUT2D eigenvalue weighted by atomic mass is 16.5. The van der Waals surface area contributed by atoms with Crippen molar-refractivity contribution >= 4 is 17.7 Å². The van der Waals surface area contributed by atoms with Gasteiger partial charge in [0.05, 0.1) is 6.54 Å². The number of carbonyl (C=O) groups is 1. The first kappa shape index (κ1) is 18.1. The lowest BCUT2D eigenvalue weighted by molar-refractivity contribution is 0.198. The maximum Gasteiger partial charge on any atom is 0.323 e. The summed E-state index contributed by atoms with van der Waals surface area (Å²) in [5, 5.41) is 6.59. The second kappa shape index (κ2) is 8.13. The van der Waals surface area contributed by atoms with Gasteiger partial charge in [-0.15, -0.1) is 0 Å². The number of nitrogens with zero attached hydrogens (tertiary/aromatic N) is 5. The molecule has 1 aliphatic heterocycles. The molecule has 1 aliphatic rings. The lowest BCUT2D eigenvalue weighted by Crippen LogP contribution is -2.37. The molecule has 26 heavy (non-hydrogen) atoms. The van der Waals surface area contributed by atoms with E-state index >= 15 is 0 Å². The number of aryl methyl sites for hydroxylation is 1. The van der Waals surface area contributed by atoms with Crippen LogP contribution in [0.15, 0.2) is 22.9 Å². The average molecular weight is 359 g/mol. The van der Waals surface area contributed by atoms with Gasteiger partial charge in [0.2, 0.25) is 0 Å². The third-order valence-corrected chi connectivity index (χ3v) is 4.59. The summed E-state index contributed by atoms with van der Waals surface area (Å²) in [4.78, 5) is 25.0. The minimum atomic E-state index is -0.138. The van der Waals surface area contributed by atoms with Crippen molar-refractivity contribution < 1.29 is 9.32 Å². The predicted octanol–water partition coefficient (Wildman–Crippen LogP) is 1.87. The lowest BCUT2D eigenvalue weighted by Gasteiger charge is -2.26. The van der Waals surface area contributed by atoms with Gasteiger partial charge >= 0.3 is 6.03 Å². The largest absolute Gasteiger partial charge is 0.384 e. The van der Waals surface area contributed by atoms with E-state index in [0.717, 1.165) is 25.8 Å².